The van der Waals surface area contributed by atoms with E-state index in [4.69, 9.17) is 0 Å². The third-order valence-electron chi connectivity index (χ3n) is 2.28. The minimum atomic E-state index is -0.174. The molecule has 1 aromatic rings. The molecule has 1 N–H and O–H groups in total. The molecule has 0 aliphatic rings. The van der Waals surface area contributed by atoms with Crippen LogP contribution in [0.25, 0.3) is 0 Å². The first kappa shape index (κ1) is 12.2. The average molecular weight is 227 g/mol. The molecule has 0 radical (unpaired) electrons. The first-order chi connectivity index (χ1) is 7.13. The molecule has 0 bridgehead atoms. The van der Waals surface area contributed by atoms with Crippen LogP contribution in [0.15, 0.2) is 16.8 Å². The summed E-state index contributed by atoms with van der Waals surface area (Å²) in [5.41, 5.74) is 1.26. The predicted molar refractivity (Wildman–Crippen MR) is 62.0 cm³/mol. The summed E-state index contributed by atoms with van der Waals surface area (Å²) >= 11 is 1.68. The van der Waals surface area contributed by atoms with E-state index in [0.717, 1.165) is 0 Å². The molecule has 0 aliphatic carbocycles. The molecule has 0 saturated heterocycles. The second kappa shape index (κ2) is 5.88. The van der Waals surface area contributed by atoms with Crippen LogP contribution in [0.5, 0.6) is 0 Å². The molecular formula is C11H17NO2S. The fourth-order valence-corrected chi connectivity index (χ4v) is 2.19. The summed E-state index contributed by atoms with van der Waals surface area (Å²) in [5, 5.41) is 7.52. The normalized spacial score (nSPS) is 14.6. The van der Waals surface area contributed by atoms with Gasteiger partial charge in [-0.15, -0.1) is 0 Å². The molecule has 2 unspecified atom stereocenters. The molecule has 0 fully saturated rings. The molecule has 1 rings (SSSR count). The number of methoxy groups -OCH3 is 1. The van der Waals surface area contributed by atoms with Gasteiger partial charge in [0.2, 0.25) is 0 Å². The number of carbonyl (C=O) groups excluding carboxylic acids is 1. The van der Waals surface area contributed by atoms with Gasteiger partial charge >= 0.3 is 5.97 Å². The van der Waals surface area contributed by atoms with Gasteiger partial charge in [-0.05, 0) is 36.2 Å². The number of hydrogen-bond donors (Lipinski definition) is 1. The summed E-state index contributed by atoms with van der Waals surface area (Å²) in [4.78, 5) is 11.0. The van der Waals surface area contributed by atoms with E-state index >= 15 is 0 Å². The molecule has 0 spiro atoms. The molecule has 0 saturated carbocycles. The second-order valence-corrected chi connectivity index (χ2v) is 4.41. The van der Waals surface area contributed by atoms with Crippen molar-refractivity contribution in [1.82, 2.24) is 5.32 Å². The molecule has 0 amide bonds. The van der Waals surface area contributed by atoms with Gasteiger partial charge in [0.1, 0.15) is 0 Å². The van der Waals surface area contributed by atoms with E-state index < -0.39 is 0 Å². The summed E-state index contributed by atoms with van der Waals surface area (Å²) in [6, 6.07) is 2.50. The summed E-state index contributed by atoms with van der Waals surface area (Å²) in [6.45, 7) is 4.08. The number of carbonyl (C=O) groups is 1. The Labute approximate surface area is 94.5 Å². The van der Waals surface area contributed by atoms with E-state index in [1.807, 2.05) is 6.92 Å². The first-order valence-electron chi connectivity index (χ1n) is 4.98. The van der Waals surface area contributed by atoms with E-state index in [9.17, 15) is 4.79 Å². The smallest absolute Gasteiger partial charge is 0.307 e. The van der Waals surface area contributed by atoms with Crippen molar-refractivity contribution in [3.05, 3.63) is 22.4 Å². The van der Waals surface area contributed by atoms with Crippen molar-refractivity contribution in [3.8, 4) is 0 Å². The number of hydrogen-bond acceptors (Lipinski definition) is 4. The molecule has 3 nitrogen and oxygen atoms in total. The van der Waals surface area contributed by atoms with E-state index in [2.05, 4.69) is 33.8 Å². The maximum atomic E-state index is 11.0. The number of rotatable bonds is 5. The van der Waals surface area contributed by atoms with Crippen molar-refractivity contribution >= 4 is 17.3 Å². The molecule has 4 heteroatoms. The van der Waals surface area contributed by atoms with E-state index in [0.29, 0.717) is 6.42 Å². The highest BCUT2D eigenvalue weighted by molar-refractivity contribution is 7.07. The van der Waals surface area contributed by atoms with Crippen LogP contribution in [0.4, 0.5) is 0 Å². The van der Waals surface area contributed by atoms with Crippen LogP contribution in [-0.2, 0) is 9.53 Å². The third kappa shape index (κ3) is 4.01. The maximum Gasteiger partial charge on any atom is 0.307 e. The molecule has 1 heterocycles. The van der Waals surface area contributed by atoms with Gasteiger partial charge in [0.25, 0.3) is 0 Å². The van der Waals surface area contributed by atoms with Crippen LogP contribution >= 0.6 is 11.3 Å². The van der Waals surface area contributed by atoms with Gasteiger partial charge in [0, 0.05) is 12.1 Å². The number of thiophene rings is 1. The predicted octanol–water partition coefficient (Wildman–Crippen LogP) is 2.35. The zero-order valence-corrected chi connectivity index (χ0v) is 10.1. The summed E-state index contributed by atoms with van der Waals surface area (Å²) in [5.74, 6) is -0.174. The van der Waals surface area contributed by atoms with E-state index in [1.165, 1.54) is 12.7 Å². The largest absolute Gasteiger partial charge is 0.469 e. The van der Waals surface area contributed by atoms with Crippen molar-refractivity contribution < 1.29 is 9.53 Å². The fraction of sp³-hybridized carbons (Fsp3) is 0.545. The Morgan fingerprint density at radius 2 is 2.33 bits per heavy atom. The highest BCUT2D eigenvalue weighted by Crippen LogP contribution is 2.16. The minimum absolute atomic E-state index is 0.132. The highest BCUT2D eigenvalue weighted by atomic mass is 32.1. The standard InChI is InChI=1S/C11H17NO2S/c1-8(6-11(13)14-3)12-9(2)10-4-5-15-7-10/h4-5,7-9,12H,6H2,1-3H3. The lowest BCUT2D eigenvalue weighted by Crippen LogP contribution is -2.31. The Bertz CT molecular complexity index is 298. The van der Waals surface area contributed by atoms with Gasteiger partial charge in [-0.1, -0.05) is 0 Å². The lowest BCUT2D eigenvalue weighted by Gasteiger charge is -2.18. The quantitative estimate of drug-likeness (QED) is 0.785. The fourth-order valence-electron chi connectivity index (χ4n) is 1.44. The Kier molecular flexibility index (Phi) is 4.78. The highest BCUT2D eigenvalue weighted by Gasteiger charge is 2.13. The second-order valence-electron chi connectivity index (χ2n) is 3.63. The van der Waals surface area contributed by atoms with Crippen molar-refractivity contribution in [3.63, 3.8) is 0 Å². The Morgan fingerprint density at radius 1 is 1.60 bits per heavy atom. The Morgan fingerprint density at radius 3 is 2.87 bits per heavy atom. The van der Waals surface area contributed by atoms with Crippen LogP contribution in [-0.4, -0.2) is 19.1 Å². The minimum Gasteiger partial charge on any atom is -0.469 e. The van der Waals surface area contributed by atoms with Gasteiger partial charge in [0.15, 0.2) is 0 Å². The molecule has 2 atom stereocenters. The zero-order valence-electron chi connectivity index (χ0n) is 9.32. The monoisotopic (exact) mass is 227 g/mol. The van der Waals surface area contributed by atoms with Crippen LogP contribution in [0, 0.1) is 0 Å². The Balaban J connectivity index is 2.38. The molecule has 15 heavy (non-hydrogen) atoms. The number of nitrogens with one attached hydrogen (secondary N) is 1. The molecular weight excluding hydrogens is 210 g/mol. The van der Waals surface area contributed by atoms with E-state index in [1.54, 1.807) is 11.3 Å². The zero-order chi connectivity index (χ0) is 11.3. The van der Waals surface area contributed by atoms with Crippen molar-refractivity contribution in [2.45, 2.75) is 32.4 Å². The van der Waals surface area contributed by atoms with Crippen molar-refractivity contribution in [2.24, 2.45) is 0 Å². The lowest BCUT2D eigenvalue weighted by molar-refractivity contribution is -0.141. The molecule has 0 aromatic carbocycles. The van der Waals surface area contributed by atoms with Crippen LogP contribution in [0.1, 0.15) is 31.9 Å². The van der Waals surface area contributed by atoms with Crippen molar-refractivity contribution in [2.75, 3.05) is 7.11 Å². The topological polar surface area (TPSA) is 38.3 Å². The summed E-state index contributed by atoms with van der Waals surface area (Å²) in [7, 11) is 1.41. The van der Waals surface area contributed by atoms with Gasteiger partial charge in [-0.3, -0.25) is 4.79 Å². The summed E-state index contributed by atoms with van der Waals surface area (Å²) < 4.78 is 4.62. The third-order valence-corrected chi connectivity index (χ3v) is 2.98. The average Bonchev–Trinajstić information content (AvgIpc) is 2.70. The van der Waals surface area contributed by atoms with Gasteiger partial charge in [-0.25, -0.2) is 0 Å². The van der Waals surface area contributed by atoms with Crippen molar-refractivity contribution in [1.29, 1.82) is 0 Å². The van der Waals surface area contributed by atoms with E-state index in [-0.39, 0.29) is 18.1 Å². The van der Waals surface area contributed by atoms with Gasteiger partial charge in [-0.2, -0.15) is 11.3 Å². The molecule has 1 aromatic heterocycles. The van der Waals surface area contributed by atoms with Crippen LogP contribution in [0.2, 0.25) is 0 Å². The van der Waals surface area contributed by atoms with Gasteiger partial charge < -0.3 is 10.1 Å². The number of ether oxygens (including phenoxy) is 1. The molecule has 84 valence electrons. The number of esters is 1. The van der Waals surface area contributed by atoms with Crippen LogP contribution in [0.3, 0.4) is 0 Å². The maximum absolute atomic E-state index is 11.0. The molecule has 0 aliphatic heterocycles. The summed E-state index contributed by atoms with van der Waals surface area (Å²) in [6.07, 6.45) is 0.408. The Hall–Kier alpha value is -0.870. The SMILES string of the molecule is COC(=O)CC(C)NC(C)c1ccsc1. The van der Waals surface area contributed by atoms with Gasteiger partial charge in [0.05, 0.1) is 13.5 Å². The lowest BCUT2D eigenvalue weighted by atomic mass is 10.1. The van der Waals surface area contributed by atoms with Crippen LogP contribution < -0.4 is 5.32 Å². The first-order valence-corrected chi connectivity index (χ1v) is 5.92.